The number of sulfonamides is 1. The minimum absolute atomic E-state index is 0.0354. The van der Waals surface area contributed by atoms with E-state index in [2.05, 4.69) is 36.2 Å². The highest BCUT2D eigenvalue weighted by molar-refractivity contribution is 7.89. The van der Waals surface area contributed by atoms with E-state index in [9.17, 15) is 13.2 Å². The van der Waals surface area contributed by atoms with Gasteiger partial charge in [0, 0.05) is 31.7 Å². The topological polar surface area (TPSA) is 82.9 Å². The van der Waals surface area contributed by atoms with Gasteiger partial charge in [-0.3, -0.25) is 9.69 Å². The lowest BCUT2D eigenvalue weighted by Gasteiger charge is -2.30. The summed E-state index contributed by atoms with van der Waals surface area (Å²) in [5.41, 5.74) is 1.21. The number of rotatable bonds is 10. The van der Waals surface area contributed by atoms with Gasteiger partial charge in [0.1, 0.15) is 10.7 Å². The van der Waals surface area contributed by atoms with Crippen molar-refractivity contribution in [3.05, 3.63) is 53.5 Å². The Hall–Kier alpha value is -2.16. The normalized spacial score (nSPS) is 16.0. The van der Waals surface area contributed by atoms with Crippen molar-refractivity contribution in [3.63, 3.8) is 0 Å². The van der Waals surface area contributed by atoms with Crippen molar-refractivity contribution in [2.75, 3.05) is 32.7 Å². The molecule has 2 heterocycles. The highest BCUT2D eigenvalue weighted by Gasteiger charge is 2.32. The summed E-state index contributed by atoms with van der Waals surface area (Å²) in [6.07, 6.45) is 2.53. The van der Waals surface area contributed by atoms with Gasteiger partial charge >= 0.3 is 0 Å². The zero-order valence-electron chi connectivity index (χ0n) is 18.6. The molecule has 0 aliphatic carbocycles. The van der Waals surface area contributed by atoms with Gasteiger partial charge in [-0.1, -0.05) is 44.2 Å². The molecule has 31 heavy (non-hydrogen) atoms. The van der Waals surface area contributed by atoms with Gasteiger partial charge in [0.05, 0.1) is 0 Å². The van der Waals surface area contributed by atoms with Gasteiger partial charge in [-0.2, -0.15) is 4.31 Å². The summed E-state index contributed by atoms with van der Waals surface area (Å²) in [4.78, 5) is 15.2. The molecule has 7 nitrogen and oxygen atoms in total. The first-order chi connectivity index (χ1) is 14.9. The molecule has 1 amide bonds. The van der Waals surface area contributed by atoms with E-state index in [1.807, 2.05) is 18.2 Å². The molecule has 8 heteroatoms. The molecule has 0 radical (unpaired) electrons. The predicted molar refractivity (Wildman–Crippen MR) is 121 cm³/mol. The Kier molecular flexibility index (Phi) is 7.91. The van der Waals surface area contributed by atoms with Gasteiger partial charge < -0.3 is 9.73 Å². The lowest BCUT2D eigenvalue weighted by molar-refractivity contribution is 0.0905. The molecule has 2 aromatic rings. The Bertz CT molecular complexity index is 962. The van der Waals surface area contributed by atoms with E-state index in [0.717, 1.165) is 32.4 Å². The summed E-state index contributed by atoms with van der Waals surface area (Å²) in [5.74, 6) is -0.105. The third-order valence-electron chi connectivity index (χ3n) is 5.92. The standard InChI is InChI=1S/C23H33N3O4S/c1-4-25(5-2)20(15-19-11-7-6-8-12-19)17-24-23(27)21-16-22(18(3)30-21)31(28,29)26-13-9-10-14-26/h6-8,11-12,16,20H,4-5,9-10,13-15,17H2,1-3H3,(H,24,27). The Balaban J connectivity index is 1.71. The molecule has 170 valence electrons. The summed E-state index contributed by atoms with van der Waals surface area (Å²) in [7, 11) is -3.62. The largest absolute Gasteiger partial charge is 0.455 e. The van der Waals surface area contributed by atoms with Crippen molar-refractivity contribution in [2.24, 2.45) is 0 Å². The maximum absolute atomic E-state index is 12.9. The van der Waals surface area contributed by atoms with Crippen LogP contribution in [0, 0.1) is 6.92 Å². The number of likely N-dealkylation sites (N-methyl/N-ethyl adjacent to an activating group) is 1. The molecule has 1 aliphatic rings. The smallest absolute Gasteiger partial charge is 0.287 e. The molecule has 1 fully saturated rings. The van der Waals surface area contributed by atoms with E-state index >= 15 is 0 Å². The number of nitrogens with zero attached hydrogens (tertiary/aromatic N) is 2. The number of furan rings is 1. The van der Waals surface area contributed by atoms with Gasteiger partial charge in [0.25, 0.3) is 5.91 Å². The zero-order valence-corrected chi connectivity index (χ0v) is 19.5. The van der Waals surface area contributed by atoms with Gasteiger partial charge in [0.2, 0.25) is 10.0 Å². The number of carbonyl (C=O) groups excluding carboxylic acids is 1. The number of hydrogen-bond donors (Lipinski definition) is 1. The molecule has 0 spiro atoms. The predicted octanol–water partition coefficient (Wildman–Crippen LogP) is 3.06. The van der Waals surface area contributed by atoms with Crippen LogP contribution in [0.4, 0.5) is 0 Å². The quantitative estimate of drug-likeness (QED) is 0.605. The number of benzene rings is 1. The summed E-state index contributed by atoms with van der Waals surface area (Å²) in [6, 6.07) is 11.7. The van der Waals surface area contributed by atoms with Crippen LogP contribution >= 0.6 is 0 Å². The maximum Gasteiger partial charge on any atom is 0.287 e. The van der Waals surface area contributed by atoms with E-state index in [-0.39, 0.29) is 22.5 Å². The van der Waals surface area contributed by atoms with Crippen molar-refractivity contribution >= 4 is 15.9 Å². The second-order valence-electron chi connectivity index (χ2n) is 7.92. The number of nitrogens with one attached hydrogen (secondary N) is 1. The first-order valence-electron chi connectivity index (χ1n) is 11.0. The summed E-state index contributed by atoms with van der Waals surface area (Å²) in [5, 5.41) is 2.95. The van der Waals surface area contributed by atoms with Gasteiger partial charge in [0.15, 0.2) is 5.76 Å². The Morgan fingerprint density at radius 3 is 2.42 bits per heavy atom. The number of amides is 1. The molecule has 3 rings (SSSR count). The molecule has 1 aliphatic heterocycles. The lowest BCUT2D eigenvalue weighted by atomic mass is 10.0. The van der Waals surface area contributed by atoms with Crippen LogP contribution in [0.15, 0.2) is 45.7 Å². The highest BCUT2D eigenvalue weighted by atomic mass is 32.2. The van der Waals surface area contributed by atoms with E-state index < -0.39 is 15.9 Å². The highest BCUT2D eigenvalue weighted by Crippen LogP contribution is 2.26. The van der Waals surface area contributed by atoms with Crippen molar-refractivity contribution in [1.82, 2.24) is 14.5 Å². The second-order valence-corrected chi connectivity index (χ2v) is 9.82. The third-order valence-corrected chi connectivity index (χ3v) is 7.93. The monoisotopic (exact) mass is 447 g/mol. The second kappa shape index (κ2) is 10.4. The number of carbonyl (C=O) groups is 1. The van der Waals surface area contributed by atoms with Crippen LogP contribution in [0.25, 0.3) is 0 Å². The summed E-state index contributed by atoms with van der Waals surface area (Å²) in [6.45, 7) is 9.03. The van der Waals surface area contributed by atoms with E-state index in [1.165, 1.54) is 15.9 Å². The molecule has 1 atom stereocenters. The van der Waals surface area contributed by atoms with Gasteiger partial charge in [-0.05, 0) is 44.8 Å². The fraction of sp³-hybridized carbons (Fsp3) is 0.522. The van der Waals surface area contributed by atoms with Gasteiger partial charge in [-0.25, -0.2) is 8.42 Å². The SMILES string of the molecule is CCN(CC)C(CNC(=O)c1cc(S(=O)(=O)N2CCCC2)c(C)o1)Cc1ccccc1. The fourth-order valence-electron chi connectivity index (χ4n) is 4.16. The molecular weight excluding hydrogens is 414 g/mol. The first-order valence-corrected chi connectivity index (χ1v) is 12.5. The molecule has 1 aromatic heterocycles. The summed E-state index contributed by atoms with van der Waals surface area (Å²) < 4.78 is 32.7. The summed E-state index contributed by atoms with van der Waals surface area (Å²) >= 11 is 0. The van der Waals surface area contributed by atoms with Crippen LogP contribution < -0.4 is 5.32 Å². The lowest BCUT2D eigenvalue weighted by Crippen LogP contribution is -2.45. The zero-order chi connectivity index (χ0) is 22.4. The average Bonchev–Trinajstić information content (AvgIpc) is 3.44. The molecule has 0 bridgehead atoms. The van der Waals surface area contributed by atoms with E-state index in [0.29, 0.717) is 19.6 Å². The van der Waals surface area contributed by atoms with Crippen LogP contribution in [-0.2, 0) is 16.4 Å². The van der Waals surface area contributed by atoms with Crippen LogP contribution in [-0.4, -0.2) is 62.3 Å². The fourth-order valence-corrected chi connectivity index (χ4v) is 5.83. The Morgan fingerprint density at radius 2 is 1.81 bits per heavy atom. The van der Waals surface area contributed by atoms with Crippen molar-refractivity contribution in [2.45, 2.75) is 51.0 Å². The Morgan fingerprint density at radius 1 is 1.16 bits per heavy atom. The first kappa shape index (κ1) is 23.5. The maximum atomic E-state index is 12.9. The van der Waals surface area contributed by atoms with Crippen LogP contribution in [0.2, 0.25) is 0 Å². The number of hydrogen-bond acceptors (Lipinski definition) is 5. The van der Waals surface area contributed by atoms with E-state index in [1.54, 1.807) is 6.92 Å². The van der Waals surface area contributed by atoms with Crippen molar-refractivity contribution in [1.29, 1.82) is 0 Å². The van der Waals surface area contributed by atoms with E-state index in [4.69, 9.17) is 4.42 Å². The molecule has 1 aromatic carbocycles. The van der Waals surface area contributed by atoms with Crippen molar-refractivity contribution in [3.8, 4) is 0 Å². The molecule has 1 saturated heterocycles. The van der Waals surface area contributed by atoms with Crippen LogP contribution in [0.3, 0.4) is 0 Å². The molecule has 0 saturated carbocycles. The molecule has 1 unspecified atom stereocenters. The minimum Gasteiger partial charge on any atom is -0.455 e. The minimum atomic E-state index is -3.62. The Labute approximate surface area is 185 Å². The molecular formula is C23H33N3O4S. The van der Waals surface area contributed by atoms with Gasteiger partial charge in [-0.15, -0.1) is 0 Å². The average molecular weight is 448 g/mol. The third kappa shape index (κ3) is 5.56. The number of aryl methyl sites for hydroxylation is 1. The van der Waals surface area contributed by atoms with Crippen LogP contribution in [0.5, 0.6) is 0 Å². The van der Waals surface area contributed by atoms with Crippen molar-refractivity contribution < 1.29 is 17.6 Å². The molecule has 1 N–H and O–H groups in total. The van der Waals surface area contributed by atoms with Crippen LogP contribution in [0.1, 0.15) is 48.6 Å².